The van der Waals surface area contributed by atoms with Crippen LogP contribution in [0.25, 0.3) is 0 Å². The summed E-state index contributed by atoms with van der Waals surface area (Å²) in [6, 6.07) is -0.431. The van der Waals surface area contributed by atoms with E-state index in [1.54, 1.807) is 21.0 Å². The van der Waals surface area contributed by atoms with E-state index in [2.05, 4.69) is 10.6 Å². The first-order valence-corrected chi connectivity index (χ1v) is 4.10. The van der Waals surface area contributed by atoms with Gasteiger partial charge in [0.15, 0.2) is 0 Å². The standard InChI is InChI=1S/C4H9NO2.C4H9NO/c1-3(5-2)4(6)7;1-3-4(6)5-2/h3,5H,1-2H3,(H,6,7);3H2,1-2H3,(H,5,6). The van der Waals surface area contributed by atoms with Gasteiger partial charge in [-0.25, -0.2) is 0 Å². The van der Waals surface area contributed by atoms with Gasteiger partial charge in [0, 0.05) is 13.5 Å². The van der Waals surface area contributed by atoms with Crippen LogP contribution in [0.2, 0.25) is 0 Å². The Morgan fingerprint density at radius 3 is 1.85 bits per heavy atom. The van der Waals surface area contributed by atoms with Crippen molar-refractivity contribution >= 4 is 11.9 Å². The largest absolute Gasteiger partial charge is 0.480 e. The molecule has 1 amide bonds. The zero-order valence-electron chi connectivity index (χ0n) is 8.55. The minimum atomic E-state index is -0.817. The van der Waals surface area contributed by atoms with Crippen LogP contribution in [0.3, 0.4) is 0 Å². The van der Waals surface area contributed by atoms with Crippen molar-refractivity contribution in [1.29, 1.82) is 0 Å². The third-order valence-electron chi connectivity index (χ3n) is 1.40. The normalized spacial score (nSPS) is 10.8. The predicted molar refractivity (Wildman–Crippen MR) is 50.5 cm³/mol. The molecule has 0 aliphatic heterocycles. The third kappa shape index (κ3) is 10.9. The molecule has 5 heteroatoms. The summed E-state index contributed by atoms with van der Waals surface area (Å²) >= 11 is 0. The van der Waals surface area contributed by atoms with Crippen LogP contribution < -0.4 is 10.6 Å². The number of carboxylic acid groups (broad SMARTS) is 1. The maximum Gasteiger partial charge on any atom is 0.320 e. The summed E-state index contributed by atoms with van der Waals surface area (Å²) in [6.45, 7) is 3.40. The lowest BCUT2D eigenvalue weighted by atomic mass is 10.4. The maximum absolute atomic E-state index is 10.1. The van der Waals surface area contributed by atoms with Crippen molar-refractivity contribution in [2.45, 2.75) is 26.3 Å². The number of aliphatic carboxylic acids is 1. The number of carbonyl (C=O) groups excluding carboxylic acids is 1. The van der Waals surface area contributed by atoms with E-state index in [-0.39, 0.29) is 5.91 Å². The average molecular weight is 190 g/mol. The number of rotatable bonds is 3. The van der Waals surface area contributed by atoms with Gasteiger partial charge in [0.05, 0.1) is 0 Å². The first-order valence-electron chi connectivity index (χ1n) is 4.10. The first kappa shape index (κ1) is 14.4. The van der Waals surface area contributed by atoms with Crippen molar-refractivity contribution in [2.24, 2.45) is 0 Å². The summed E-state index contributed by atoms with van der Waals surface area (Å²) in [6.07, 6.45) is 0.580. The molecular formula is C8H18N2O3. The molecule has 0 aromatic carbocycles. The summed E-state index contributed by atoms with van der Waals surface area (Å²) in [7, 11) is 3.24. The Kier molecular flexibility index (Phi) is 9.98. The van der Waals surface area contributed by atoms with Crippen molar-refractivity contribution in [1.82, 2.24) is 10.6 Å². The third-order valence-corrected chi connectivity index (χ3v) is 1.40. The highest BCUT2D eigenvalue weighted by Crippen LogP contribution is 1.74. The smallest absolute Gasteiger partial charge is 0.320 e. The van der Waals surface area contributed by atoms with Crippen molar-refractivity contribution in [3.8, 4) is 0 Å². The lowest BCUT2D eigenvalue weighted by Gasteiger charge is -1.99. The monoisotopic (exact) mass is 190 g/mol. The molecule has 78 valence electrons. The van der Waals surface area contributed by atoms with Gasteiger partial charge in [-0.2, -0.15) is 0 Å². The van der Waals surface area contributed by atoms with E-state index in [1.165, 1.54) is 0 Å². The Morgan fingerprint density at radius 1 is 1.38 bits per heavy atom. The van der Waals surface area contributed by atoms with Crippen LogP contribution in [0.15, 0.2) is 0 Å². The molecule has 0 saturated carbocycles. The summed E-state index contributed by atoms with van der Waals surface area (Å²) in [5, 5.41) is 13.2. The minimum absolute atomic E-state index is 0.0926. The number of carbonyl (C=O) groups is 2. The van der Waals surface area contributed by atoms with Gasteiger partial charge in [0.2, 0.25) is 5.91 Å². The minimum Gasteiger partial charge on any atom is -0.480 e. The quantitative estimate of drug-likeness (QED) is 0.577. The predicted octanol–water partition coefficient (Wildman–Crippen LogP) is -0.179. The molecule has 3 N–H and O–H groups in total. The molecule has 0 aromatic rings. The molecule has 0 radical (unpaired) electrons. The van der Waals surface area contributed by atoms with Crippen LogP contribution in [0.4, 0.5) is 0 Å². The molecule has 1 unspecified atom stereocenters. The van der Waals surface area contributed by atoms with Gasteiger partial charge < -0.3 is 15.7 Å². The zero-order chi connectivity index (χ0) is 10.9. The fourth-order valence-corrected chi connectivity index (χ4v) is 0.300. The summed E-state index contributed by atoms with van der Waals surface area (Å²) in [4.78, 5) is 19.9. The first-order chi connectivity index (χ1) is 5.99. The summed E-state index contributed by atoms with van der Waals surface area (Å²) < 4.78 is 0. The highest BCUT2D eigenvalue weighted by Gasteiger charge is 2.04. The summed E-state index contributed by atoms with van der Waals surface area (Å²) in [5.41, 5.74) is 0. The van der Waals surface area contributed by atoms with Crippen molar-refractivity contribution < 1.29 is 14.7 Å². The Labute approximate surface area is 78.5 Å². The molecule has 1 atom stereocenters. The molecular weight excluding hydrogens is 172 g/mol. The van der Waals surface area contributed by atoms with Gasteiger partial charge in [-0.05, 0) is 14.0 Å². The lowest BCUT2D eigenvalue weighted by Crippen LogP contribution is -2.29. The van der Waals surface area contributed by atoms with Crippen molar-refractivity contribution in [3.63, 3.8) is 0 Å². The second kappa shape index (κ2) is 8.99. The molecule has 0 aliphatic rings. The fourth-order valence-electron chi connectivity index (χ4n) is 0.300. The van der Waals surface area contributed by atoms with Crippen LogP contribution in [0.5, 0.6) is 0 Å². The van der Waals surface area contributed by atoms with Crippen LogP contribution in [-0.4, -0.2) is 37.1 Å². The number of hydrogen-bond acceptors (Lipinski definition) is 3. The number of nitrogens with one attached hydrogen (secondary N) is 2. The molecule has 13 heavy (non-hydrogen) atoms. The summed E-state index contributed by atoms with van der Waals surface area (Å²) in [5.74, 6) is -0.725. The van der Waals surface area contributed by atoms with E-state index in [0.29, 0.717) is 6.42 Å². The van der Waals surface area contributed by atoms with E-state index >= 15 is 0 Å². The number of carboxylic acids is 1. The van der Waals surface area contributed by atoms with Crippen LogP contribution >= 0.6 is 0 Å². The van der Waals surface area contributed by atoms with E-state index in [0.717, 1.165) is 0 Å². The second-order valence-electron chi connectivity index (χ2n) is 2.38. The van der Waals surface area contributed by atoms with E-state index in [1.807, 2.05) is 6.92 Å². The molecule has 0 spiro atoms. The van der Waals surface area contributed by atoms with Crippen molar-refractivity contribution in [2.75, 3.05) is 14.1 Å². The zero-order valence-corrected chi connectivity index (χ0v) is 8.55. The van der Waals surface area contributed by atoms with Gasteiger partial charge in [-0.3, -0.25) is 9.59 Å². The Balaban J connectivity index is 0. The van der Waals surface area contributed by atoms with E-state index < -0.39 is 12.0 Å². The highest BCUT2D eigenvalue weighted by molar-refractivity contribution is 5.75. The van der Waals surface area contributed by atoms with Crippen LogP contribution in [0, 0.1) is 0 Å². The van der Waals surface area contributed by atoms with E-state index in [9.17, 15) is 9.59 Å². The van der Waals surface area contributed by atoms with Crippen LogP contribution in [0.1, 0.15) is 20.3 Å². The fraction of sp³-hybridized carbons (Fsp3) is 0.750. The average Bonchev–Trinajstić information content (AvgIpc) is 2.16. The van der Waals surface area contributed by atoms with Gasteiger partial charge in [-0.15, -0.1) is 0 Å². The van der Waals surface area contributed by atoms with Gasteiger partial charge in [-0.1, -0.05) is 6.92 Å². The second-order valence-corrected chi connectivity index (χ2v) is 2.38. The Hall–Kier alpha value is -1.10. The number of amides is 1. The number of likely N-dealkylation sites (N-methyl/N-ethyl adjacent to an activating group) is 1. The topological polar surface area (TPSA) is 78.4 Å². The molecule has 0 heterocycles. The molecule has 0 saturated heterocycles. The highest BCUT2D eigenvalue weighted by atomic mass is 16.4. The van der Waals surface area contributed by atoms with Crippen molar-refractivity contribution in [3.05, 3.63) is 0 Å². The maximum atomic E-state index is 10.1. The van der Waals surface area contributed by atoms with Gasteiger partial charge in [0.25, 0.3) is 0 Å². The molecule has 5 nitrogen and oxygen atoms in total. The molecule has 0 rings (SSSR count). The molecule has 0 aromatic heterocycles. The lowest BCUT2D eigenvalue weighted by molar-refractivity contribution is -0.138. The Bertz CT molecular complexity index is 153. The Morgan fingerprint density at radius 2 is 1.85 bits per heavy atom. The molecule has 0 aliphatic carbocycles. The van der Waals surface area contributed by atoms with Gasteiger partial charge >= 0.3 is 5.97 Å². The van der Waals surface area contributed by atoms with Crippen LogP contribution in [-0.2, 0) is 9.59 Å². The molecule has 0 fully saturated rings. The van der Waals surface area contributed by atoms with Gasteiger partial charge in [0.1, 0.15) is 6.04 Å². The van der Waals surface area contributed by atoms with E-state index in [4.69, 9.17) is 5.11 Å². The molecule has 0 bridgehead atoms. The SMILES string of the molecule is CCC(=O)NC.CNC(C)C(=O)O. The number of hydrogen-bond donors (Lipinski definition) is 3.